The van der Waals surface area contributed by atoms with Crippen LogP contribution in [-0.4, -0.2) is 54.0 Å². The monoisotopic (exact) mass is 270 g/mol. The SMILES string of the molecule is CN1CCN(Cc2csc([N+](=O)[O-])c2)C(CN)C1. The minimum Gasteiger partial charge on any atom is -0.329 e. The number of nitrogens with two attached hydrogens (primary N) is 1. The van der Waals surface area contributed by atoms with Gasteiger partial charge in [0.2, 0.25) is 0 Å². The summed E-state index contributed by atoms with van der Waals surface area (Å²) in [6.45, 7) is 4.31. The van der Waals surface area contributed by atoms with Gasteiger partial charge in [-0.25, -0.2) is 0 Å². The van der Waals surface area contributed by atoms with E-state index in [1.165, 1.54) is 11.3 Å². The topological polar surface area (TPSA) is 75.6 Å². The lowest BCUT2D eigenvalue weighted by Gasteiger charge is -2.39. The third kappa shape index (κ3) is 3.05. The van der Waals surface area contributed by atoms with E-state index in [-0.39, 0.29) is 9.92 Å². The van der Waals surface area contributed by atoms with E-state index in [9.17, 15) is 10.1 Å². The second-order valence-corrected chi connectivity index (χ2v) is 5.56. The van der Waals surface area contributed by atoms with Crippen LogP contribution in [0.1, 0.15) is 5.56 Å². The van der Waals surface area contributed by atoms with Gasteiger partial charge in [-0.15, -0.1) is 0 Å². The van der Waals surface area contributed by atoms with Gasteiger partial charge in [-0.2, -0.15) is 0 Å². The molecule has 1 aliphatic heterocycles. The summed E-state index contributed by atoms with van der Waals surface area (Å²) in [5.41, 5.74) is 6.80. The highest BCUT2D eigenvalue weighted by atomic mass is 32.1. The predicted octanol–water partition coefficient (Wildman–Crippen LogP) is 0.731. The molecule has 6 nitrogen and oxygen atoms in total. The van der Waals surface area contributed by atoms with Crippen LogP contribution in [0.5, 0.6) is 0 Å². The van der Waals surface area contributed by atoms with Gasteiger partial charge in [0, 0.05) is 50.2 Å². The summed E-state index contributed by atoms with van der Waals surface area (Å²) in [4.78, 5) is 14.9. The number of nitrogens with zero attached hydrogens (tertiary/aromatic N) is 3. The zero-order valence-electron chi connectivity index (χ0n) is 10.4. The first kappa shape index (κ1) is 13.4. The lowest BCUT2D eigenvalue weighted by atomic mass is 10.1. The molecule has 2 rings (SSSR count). The minimum absolute atomic E-state index is 0.212. The van der Waals surface area contributed by atoms with Crippen molar-refractivity contribution in [3.05, 3.63) is 27.1 Å². The van der Waals surface area contributed by atoms with Crippen molar-refractivity contribution >= 4 is 16.3 Å². The number of rotatable bonds is 4. The molecule has 0 spiro atoms. The second kappa shape index (κ2) is 5.75. The van der Waals surface area contributed by atoms with E-state index in [0.717, 1.165) is 31.7 Å². The van der Waals surface area contributed by atoms with E-state index in [0.29, 0.717) is 12.6 Å². The van der Waals surface area contributed by atoms with Gasteiger partial charge in [0.1, 0.15) is 0 Å². The van der Waals surface area contributed by atoms with E-state index in [2.05, 4.69) is 16.8 Å². The van der Waals surface area contributed by atoms with Crippen LogP contribution in [0.2, 0.25) is 0 Å². The van der Waals surface area contributed by atoms with Crippen molar-refractivity contribution in [2.24, 2.45) is 5.73 Å². The van der Waals surface area contributed by atoms with Crippen LogP contribution in [-0.2, 0) is 6.54 Å². The standard InChI is InChI=1S/C11H18N4O2S/c1-13-2-3-14(10(5-12)7-13)6-9-4-11(15(16)17)18-8-9/h4,8,10H,2-3,5-7,12H2,1H3. The Morgan fingerprint density at radius 1 is 1.61 bits per heavy atom. The first-order chi connectivity index (χ1) is 8.60. The van der Waals surface area contributed by atoms with Crippen LogP contribution >= 0.6 is 11.3 Å². The van der Waals surface area contributed by atoms with Crippen molar-refractivity contribution in [2.45, 2.75) is 12.6 Å². The average molecular weight is 270 g/mol. The smallest absolute Gasteiger partial charge is 0.324 e. The molecule has 1 aromatic heterocycles. The molecule has 2 heterocycles. The maximum atomic E-state index is 10.6. The van der Waals surface area contributed by atoms with Gasteiger partial charge < -0.3 is 10.6 Å². The number of hydrogen-bond acceptors (Lipinski definition) is 6. The largest absolute Gasteiger partial charge is 0.329 e. The van der Waals surface area contributed by atoms with Gasteiger partial charge in [0.05, 0.1) is 4.92 Å². The van der Waals surface area contributed by atoms with Crippen molar-refractivity contribution in [3.8, 4) is 0 Å². The number of hydrogen-bond donors (Lipinski definition) is 1. The van der Waals surface area contributed by atoms with E-state index in [1.54, 1.807) is 6.07 Å². The number of nitro groups is 1. The molecular weight excluding hydrogens is 252 g/mol. The molecule has 1 aliphatic rings. The van der Waals surface area contributed by atoms with Crippen molar-refractivity contribution < 1.29 is 4.92 Å². The Labute approximate surface area is 110 Å². The van der Waals surface area contributed by atoms with Crippen LogP contribution in [0, 0.1) is 10.1 Å². The first-order valence-electron chi connectivity index (χ1n) is 5.94. The number of likely N-dealkylation sites (N-methyl/N-ethyl adjacent to an activating group) is 1. The molecule has 1 fully saturated rings. The highest BCUT2D eigenvalue weighted by Crippen LogP contribution is 2.24. The second-order valence-electron chi connectivity index (χ2n) is 4.67. The Hall–Kier alpha value is -1.02. The van der Waals surface area contributed by atoms with E-state index < -0.39 is 0 Å². The van der Waals surface area contributed by atoms with E-state index in [4.69, 9.17) is 5.73 Å². The summed E-state index contributed by atoms with van der Waals surface area (Å²) >= 11 is 1.19. The first-order valence-corrected chi connectivity index (χ1v) is 6.82. The van der Waals surface area contributed by atoms with Crippen LogP contribution in [0.3, 0.4) is 0 Å². The summed E-state index contributed by atoms with van der Waals surface area (Å²) in [6, 6.07) is 2.00. The fraction of sp³-hybridized carbons (Fsp3) is 0.636. The molecule has 0 aliphatic carbocycles. The maximum absolute atomic E-state index is 10.6. The predicted molar refractivity (Wildman–Crippen MR) is 71.7 cm³/mol. The van der Waals surface area contributed by atoms with Crippen LogP contribution in [0.15, 0.2) is 11.4 Å². The molecule has 0 radical (unpaired) electrons. The van der Waals surface area contributed by atoms with Gasteiger partial charge in [-0.3, -0.25) is 15.0 Å². The van der Waals surface area contributed by atoms with Crippen molar-refractivity contribution in [3.63, 3.8) is 0 Å². The molecule has 100 valence electrons. The third-order valence-electron chi connectivity index (χ3n) is 3.29. The third-order valence-corrected chi connectivity index (χ3v) is 4.21. The fourth-order valence-electron chi connectivity index (χ4n) is 2.26. The Kier molecular flexibility index (Phi) is 4.28. The van der Waals surface area contributed by atoms with Crippen molar-refractivity contribution in [1.29, 1.82) is 0 Å². The van der Waals surface area contributed by atoms with Crippen LogP contribution < -0.4 is 5.73 Å². The molecule has 2 N–H and O–H groups in total. The molecule has 1 atom stereocenters. The number of thiophene rings is 1. The molecule has 0 amide bonds. The normalized spacial score (nSPS) is 22.2. The van der Waals surface area contributed by atoms with Gasteiger partial charge in [0.15, 0.2) is 0 Å². The molecule has 1 unspecified atom stereocenters. The zero-order chi connectivity index (χ0) is 13.1. The Bertz CT molecular complexity index is 423. The molecule has 18 heavy (non-hydrogen) atoms. The Morgan fingerprint density at radius 2 is 2.39 bits per heavy atom. The van der Waals surface area contributed by atoms with E-state index >= 15 is 0 Å². The quantitative estimate of drug-likeness (QED) is 0.645. The summed E-state index contributed by atoms with van der Waals surface area (Å²) in [7, 11) is 2.09. The lowest BCUT2D eigenvalue weighted by Crippen LogP contribution is -2.54. The van der Waals surface area contributed by atoms with Crippen molar-refractivity contribution in [2.75, 3.05) is 33.2 Å². The number of piperazine rings is 1. The van der Waals surface area contributed by atoms with Crippen molar-refractivity contribution in [1.82, 2.24) is 9.80 Å². The minimum atomic E-state index is -0.335. The summed E-state index contributed by atoms with van der Waals surface area (Å²) in [5, 5.41) is 12.7. The molecule has 0 bridgehead atoms. The maximum Gasteiger partial charge on any atom is 0.324 e. The van der Waals surface area contributed by atoms with Gasteiger partial charge in [0.25, 0.3) is 0 Å². The van der Waals surface area contributed by atoms with E-state index in [1.807, 2.05) is 5.38 Å². The van der Waals surface area contributed by atoms with Gasteiger partial charge in [-0.05, 0) is 12.6 Å². The summed E-state index contributed by atoms with van der Waals surface area (Å²) < 4.78 is 0. The molecular formula is C11H18N4O2S. The Morgan fingerprint density at radius 3 is 3.00 bits per heavy atom. The molecule has 1 aromatic rings. The van der Waals surface area contributed by atoms with Crippen LogP contribution in [0.25, 0.3) is 0 Å². The average Bonchev–Trinajstić information content (AvgIpc) is 2.80. The lowest BCUT2D eigenvalue weighted by molar-refractivity contribution is -0.380. The molecule has 0 saturated carbocycles. The molecule has 1 saturated heterocycles. The molecule has 0 aromatic carbocycles. The highest BCUT2D eigenvalue weighted by molar-refractivity contribution is 7.13. The highest BCUT2D eigenvalue weighted by Gasteiger charge is 2.24. The summed E-state index contributed by atoms with van der Waals surface area (Å²) in [6.07, 6.45) is 0. The van der Waals surface area contributed by atoms with Gasteiger partial charge in [-0.1, -0.05) is 11.3 Å². The fourth-order valence-corrected chi connectivity index (χ4v) is 2.98. The Balaban J connectivity index is 2.00. The summed E-state index contributed by atoms with van der Waals surface area (Å²) in [5.74, 6) is 0. The van der Waals surface area contributed by atoms with Crippen LogP contribution in [0.4, 0.5) is 5.00 Å². The zero-order valence-corrected chi connectivity index (χ0v) is 11.2. The van der Waals surface area contributed by atoms with Gasteiger partial charge >= 0.3 is 5.00 Å². The molecule has 7 heteroatoms.